The van der Waals surface area contributed by atoms with Gasteiger partial charge in [-0.15, -0.1) is 0 Å². The zero-order chi connectivity index (χ0) is 17.3. The van der Waals surface area contributed by atoms with Gasteiger partial charge in [-0.1, -0.05) is 36.8 Å². The number of benzene rings is 1. The zero-order valence-electron chi connectivity index (χ0n) is 15.2. The minimum Gasteiger partial charge on any atom is -0.445 e. The van der Waals surface area contributed by atoms with E-state index in [1.165, 1.54) is 32.4 Å². The molecule has 0 saturated carbocycles. The van der Waals surface area contributed by atoms with Gasteiger partial charge in [0.2, 0.25) is 0 Å². The lowest BCUT2D eigenvalue weighted by Crippen LogP contribution is -2.49. The van der Waals surface area contributed by atoms with Crippen LogP contribution >= 0.6 is 0 Å². The third-order valence-corrected chi connectivity index (χ3v) is 5.19. The van der Waals surface area contributed by atoms with Gasteiger partial charge >= 0.3 is 6.09 Å². The van der Waals surface area contributed by atoms with Crippen LogP contribution in [0.5, 0.6) is 0 Å². The van der Waals surface area contributed by atoms with Crippen molar-refractivity contribution in [2.45, 2.75) is 44.8 Å². The fourth-order valence-electron chi connectivity index (χ4n) is 3.73. The summed E-state index contributed by atoms with van der Waals surface area (Å²) >= 11 is 0. The molecule has 5 heteroatoms. The number of carbonyl (C=O) groups excluding carboxylic acids is 1. The lowest BCUT2D eigenvalue weighted by Gasteiger charge is -2.33. The van der Waals surface area contributed by atoms with Gasteiger partial charge in [0.1, 0.15) is 6.61 Å². The topological polar surface area (TPSA) is 44.8 Å². The minimum absolute atomic E-state index is 0.189. The predicted molar refractivity (Wildman–Crippen MR) is 99.5 cm³/mol. The van der Waals surface area contributed by atoms with Crippen LogP contribution < -0.4 is 5.32 Å². The molecule has 0 radical (unpaired) electrons. The number of nitrogens with zero attached hydrogens (tertiary/aromatic N) is 2. The standard InChI is InChI=1S/C20H31N3O2/c24-20(25-17-18-8-3-1-4-9-18)23-14-7-10-19(16-23)21-11-15-22-12-5-2-6-13-22/h1,3-4,8-9,19,21H,2,5-7,10-17H2/t19-/m1/s1. The van der Waals surface area contributed by atoms with E-state index in [1.807, 2.05) is 35.2 Å². The zero-order valence-corrected chi connectivity index (χ0v) is 15.2. The molecular weight excluding hydrogens is 314 g/mol. The average Bonchev–Trinajstić information content (AvgIpc) is 2.68. The summed E-state index contributed by atoms with van der Waals surface area (Å²) < 4.78 is 5.47. The van der Waals surface area contributed by atoms with Crippen LogP contribution in [0.4, 0.5) is 4.79 Å². The normalized spacial score (nSPS) is 21.9. The second-order valence-electron chi connectivity index (χ2n) is 7.18. The highest BCUT2D eigenvalue weighted by Crippen LogP contribution is 2.13. The first-order valence-electron chi connectivity index (χ1n) is 9.72. The van der Waals surface area contributed by atoms with Gasteiger partial charge in [0, 0.05) is 32.2 Å². The Morgan fingerprint density at radius 3 is 2.68 bits per heavy atom. The molecule has 2 fully saturated rings. The number of hydrogen-bond acceptors (Lipinski definition) is 4. The first-order chi connectivity index (χ1) is 12.3. The first-order valence-corrected chi connectivity index (χ1v) is 9.72. The van der Waals surface area contributed by atoms with E-state index in [9.17, 15) is 4.79 Å². The molecular formula is C20H31N3O2. The summed E-state index contributed by atoms with van der Waals surface area (Å²) in [5, 5.41) is 3.64. The SMILES string of the molecule is O=C(OCc1ccccc1)N1CCC[C@@H](NCCN2CCCCC2)C1. The number of hydrogen-bond donors (Lipinski definition) is 1. The molecule has 0 spiro atoms. The van der Waals surface area contributed by atoms with Gasteiger partial charge in [0.05, 0.1) is 0 Å². The Labute approximate surface area is 151 Å². The Morgan fingerprint density at radius 1 is 1.08 bits per heavy atom. The number of rotatable bonds is 6. The molecule has 1 amide bonds. The molecule has 0 aromatic heterocycles. The molecule has 0 unspecified atom stereocenters. The first kappa shape index (κ1) is 18.2. The van der Waals surface area contributed by atoms with Gasteiger partial charge in [-0.25, -0.2) is 4.79 Å². The van der Waals surface area contributed by atoms with Crippen molar-refractivity contribution < 1.29 is 9.53 Å². The fourth-order valence-corrected chi connectivity index (χ4v) is 3.73. The molecule has 2 aliphatic heterocycles. The number of carbonyl (C=O) groups is 1. The molecule has 5 nitrogen and oxygen atoms in total. The van der Waals surface area contributed by atoms with Crippen LogP contribution in [-0.2, 0) is 11.3 Å². The summed E-state index contributed by atoms with van der Waals surface area (Å²) in [7, 11) is 0. The van der Waals surface area contributed by atoms with E-state index in [1.54, 1.807) is 0 Å². The minimum atomic E-state index is -0.189. The monoisotopic (exact) mass is 345 g/mol. The Morgan fingerprint density at radius 2 is 1.88 bits per heavy atom. The summed E-state index contributed by atoms with van der Waals surface area (Å²) in [5.74, 6) is 0. The second kappa shape index (κ2) is 9.78. The maximum absolute atomic E-state index is 12.3. The highest BCUT2D eigenvalue weighted by atomic mass is 16.6. The van der Waals surface area contributed by atoms with Crippen LogP contribution in [0, 0.1) is 0 Å². The summed E-state index contributed by atoms with van der Waals surface area (Å²) in [6.07, 6.45) is 6.05. The van der Waals surface area contributed by atoms with E-state index in [-0.39, 0.29) is 6.09 Å². The van der Waals surface area contributed by atoms with E-state index < -0.39 is 0 Å². The molecule has 1 atom stereocenters. The number of likely N-dealkylation sites (tertiary alicyclic amines) is 2. The van der Waals surface area contributed by atoms with E-state index in [0.29, 0.717) is 12.6 Å². The third kappa shape index (κ3) is 6.01. The largest absolute Gasteiger partial charge is 0.445 e. The highest BCUT2D eigenvalue weighted by Gasteiger charge is 2.24. The summed E-state index contributed by atoms with van der Waals surface area (Å²) in [6, 6.07) is 10.3. The molecule has 138 valence electrons. The van der Waals surface area contributed by atoms with Gasteiger partial charge in [0.25, 0.3) is 0 Å². The molecule has 2 aliphatic rings. The van der Waals surface area contributed by atoms with Crippen molar-refractivity contribution in [2.24, 2.45) is 0 Å². The van der Waals surface area contributed by atoms with Crippen LogP contribution in [0.25, 0.3) is 0 Å². The van der Waals surface area contributed by atoms with E-state index in [4.69, 9.17) is 4.74 Å². The number of piperidine rings is 2. The predicted octanol–water partition coefficient (Wildman–Crippen LogP) is 2.86. The molecule has 1 N–H and O–H groups in total. The average molecular weight is 345 g/mol. The van der Waals surface area contributed by atoms with Crippen LogP contribution in [0.2, 0.25) is 0 Å². The van der Waals surface area contributed by atoms with Gasteiger partial charge in [0.15, 0.2) is 0 Å². The molecule has 1 aromatic carbocycles. The van der Waals surface area contributed by atoms with E-state index in [0.717, 1.165) is 44.6 Å². The molecule has 0 bridgehead atoms. The van der Waals surface area contributed by atoms with E-state index in [2.05, 4.69) is 10.2 Å². The van der Waals surface area contributed by atoms with E-state index >= 15 is 0 Å². The number of ether oxygens (including phenoxy) is 1. The highest BCUT2D eigenvalue weighted by molar-refractivity contribution is 5.67. The van der Waals surface area contributed by atoms with Gasteiger partial charge in [-0.2, -0.15) is 0 Å². The van der Waals surface area contributed by atoms with Crippen molar-refractivity contribution in [3.8, 4) is 0 Å². The van der Waals surface area contributed by atoms with Crippen molar-refractivity contribution in [1.29, 1.82) is 0 Å². The van der Waals surface area contributed by atoms with Crippen molar-refractivity contribution in [3.05, 3.63) is 35.9 Å². The van der Waals surface area contributed by atoms with Gasteiger partial charge < -0.3 is 19.9 Å². The summed E-state index contributed by atoms with van der Waals surface area (Å²) in [6.45, 7) is 6.52. The Hall–Kier alpha value is -1.59. The molecule has 1 aromatic rings. The van der Waals surface area contributed by atoms with Gasteiger partial charge in [-0.05, 0) is 44.3 Å². The summed E-state index contributed by atoms with van der Waals surface area (Å²) in [5.41, 5.74) is 1.03. The van der Waals surface area contributed by atoms with Crippen molar-refractivity contribution in [3.63, 3.8) is 0 Å². The Kier molecular flexibility index (Phi) is 7.12. The maximum Gasteiger partial charge on any atom is 0.410 e. The molecule has 3 rings (SSSR count). The fraction of sp³-hybridized carbons (Fsp3) is 0.650. The quantitative estimate of drug-likeness (QED) is 0.861. The Bertz CT molecular complexity index is 517. The number of nitrogens with one attached hydrogen (secondary N) is 1. The van der Waals surface area contributed by atoms with Crippen molar-refractivity contribution >= 4 is 6.09 Å². The molecule has 0 aliphatic carbocycles. The van der Waals surface area contributed by atoms with Crippen LogP contribution in [-0.4, -0.2) is 61.2 Å². The van der Waals surface area contributed by atoms with Crippen molar-refractivity contribution in [1.82, 2.24) is 15.1 Å². The second-order valence-corrected chi connectivity index (χ2v) is 7.18. The smallest absolute Gasteiger partial charge is 0.410 e. The third-order valence-electron chi connectivity index (χ3n) is 5.19. The van der Waals surface area contributed by atoms with Crippen LogP contribution in [0.1, 0.15) is 37.7 Å². The van der Waals surface area contributed by atoms with Crippen LogP contribution in [0.3, 0.4) is 0 Å². The van der Waals surface area contributed by atoms with Gasteiger partial charge in [-0.3, -0.25) is 0 Å². The van der Waals surface area contributed by atoms with Crippen LogP contribution in [0.15, 0.2) is 30.3 Å². The van der Waals surface area contributed by atoms with Crippen molar-refractivity contribution in [2.75, 3.05) is 39.3 Å². The lowest BCUT2D eigenvalue weighted by atomic mass is 10.1. The molecule has 25 heavy (non-hydrogen) atoms. The Balaban J connectivity index is 1.36. The number of amides is 1. The lowest BCUT2D eigenvalue weighted by molar-refractivity contribution is 0.0829. The maximum atomic E-state index is 12.3. The summed E-state index contributed by atoms with van der Waals surface area (Å²) in [4.78, 5) is 16.7. The molecule has 2 heterocycles. The molecule has 2 saturated heterocycles.